The van der Waals surface area contributed by atoms with Gasteiger partial charge in [0.05, 0.1) is 0 Å². The molecule has 21 heavy (non-hydrogen) atoms. The number of likely N-dealkylation sites (tertiary alicyclic amines) is 1. The lowest BCUT2D eigenvalue weighted by Gasteiger charge is -2.28. The number of rotatable bonds is 3. The van der Waals surface area contributed by atoms with Gasteiger partial charge < -0.3 is 4.74 Å². The van der Waals surface area contributed by atoms with Crippen LogP contribution in [0.25, 0.3) is 0 Å². The molecular formula is C18H25NO2. The Bertz CT molecular complexity index is 490. The van der Waals surface area contributed by atoms with E-state index in [4.69, 9.17) is 4.74 Å². The lowest BCUT2D eigenvalue weighted by molar-refractivity contribution is -0.148. The van der Waals surface area contributed by atoms with Gasteiger partial charge in [-0.05, 0) is 39.2 Å². The number of hydrogen-bond donors (Lipinski definition) is 0. The van der Waals surface area contributed by atoms with Gasteiger partial charge in [0, 0.05) is 25.7 Å². The number of nitrogens with zero attached hydrogens (tertiary/aromatic N) is 1. The van der Waals surface area contributed by atoms with Crippen LogP contribution in [-0.4, -0.2) is 29.6 Å². The zero-order valence-corrected chi connectivity index (χ0v) is 13.3. The molecule has 0 bridgehead atoms. The number of piperidine rings is 1. The lowest BCUT2D eigenvalue weighted by Crippen LogP contribution is -2.30. The SMILES string of the molecule is CC(C)(C)OC(=O)C=C1CCN(Cc2ccccc2)CC1. The molecule has 0 N–H and O–H groups in total. The van der Waals surface area contributed by atoms with Gasteiger partial charge in [-0.3, -0.25) is 4.90 Å². The third-order valence-electron chi connectivity index (χ3n) is 3.48. The maximum Gasteiger partial charge on any atom is 0.331 e. The predicted molar refractivity (Wildman–Crippen MR) is 84.9 cm³/mol. The van der Waals surface area contributed by atoms with Gasteiger partial charge >= 0.3 is 5.97 Å². The summed E-state index contributed by atoms with van der Waals surface area (Å²) >= 11 is 0. The molecule has 2 rings (SSSR count). The van der Waals surface area contributed by atoms with Gasteiger partial charge in [-0.25, -0.2) is 4.79 Å². The van der Waals surface area contributed by atoms with E-state index < -0.39 is 5.60 Å². The summed E-state index contributed by atoms with van der Waals surface area (Å²) in [5.41, 5.74) is 2.13. The fourth-order valence-electron chi connectivity index (χ4n) is 2.48. The molecule has 0 aliphatic carbocycles. The van der Waals surface area contributed by atoms with Crippen LogP contribution in [-0.2, 0) is 16.1 Å². The molecule has 0 unspecified atom stereocenters. The Hall–Kier alpha value is -1.61. The molecule has 1 aromatic rings. The quantitative estimate of drug-likeness (QED) is 0.629. The Kier molecular flexibility index (Phi) is 5.18. The molecule has 114 valence electrons. The topological polar surface area (TPSA) is 29.5 Å². The molecule has 1 aliphatic rings. The van der Waals surface area contributed by atoms with Crippen LogP contribution < -0.4 is 0 Å². The zero-order chi connectivity index (χ0) is 15.3. The van der Waals surface area contributed by atoms with E-state index in [-0.39, 0.29) is 5.97 Å². The Balaban J connectivity index is 1.81. The average Bonchev–Trinajstić information content (AvgIpc) is 2.40. The normalized spacial score (nSPS) is 16.6. The summed E-state index contributed by atoms with van der Waals surface area (Å²) in [6, 6.07) is 10.5. The van der Waals surface area contributed by atoms with Crippen LogP contribution in [0.3, 0.4) is 0 Å². The largest absolute Gasteiger partial charge is 0.457 e. The highest BCUT2D eigenvalue weighted by Crippen LogP contribution is 2.19. The first kappa shape index (κ1) is 15.8. The Labute approximate surface area is 127 Å². The molecule has 3 heteroatoms. The van der Waals surface area contributed by atoms with Gasteiger partial charge in [0.15, 0.2) is 0 Å². The van der Waals surface area contributed by atoms with Crippen molar-refractivity contribution in [1.29, 1.82) is 0 Å². The van der Waals surface area contributed by atoms with E-state index in [1.165, 1.54) is 11.1 Å². The summed E-state index contributed by atoms with van der Waals surface area (Å²) in [5.74, 6) is -0.214. The summed E-state index contributed by atoms with van der Waals surface area (Å²) in [7, 11) is 0. The Morgan fingerprint density at radius 1 is 1.19 bits per heavy atom. The first-order valence-corrected chi connectivity index (χ1v) is 7.61. The molecule has 1 fully saturated rings. The van der Waals surface area contributed by atoms with E-state index in [9.17, 15) is 4.79 Å². The molecule has 1 saturated heterocycles. The summed E-state index contributed by atoms with van der Waals surface area (Å²) in [5, 5.41) is 0. The van der Waals surface area contributed by atoms with Gasteiger partial charge in [-0.2, -0.15) is 0 Å². The van der Waals surface area contributed by atoms with Crippen LogP contribution in [0, 0.1) is 0 Å². The van der Waals surface area contributed by atoms with E-state index >= 15 is 0 Å². The van der Waals surface area contributed by atoms with Crippen molar-refractivity contribution in [2.45, 2.75) is 45.8 Å². The maximum atomic E-state index is 11.8. The van der Waals surface area contributed by atoms with Crippen LogP contribution in [0.5, 0.6) is 0 Å². The number of carbonyl (C=O) groups excluding carboxylic acids is 1. The molecule has 0 saturated carbocycles. The second-order valence-electron chi connectivity index (χ2n) is 6.60. The first-order valence-electron chi connectivity index (χ1n) is 7.61. The second-order valence-corrected chi connectivity index (χ2v) is 6.60. The first-order chi connectivity index (χ1) is 9.92. The van der Waals surface area contributed by atoms with Crippen molar-refractivity contribution in [3.8, 4) is 0 Å². The van der Waals surface area contributed by atoms with Gasteiger partial charge in [0.1, 0.15) is 5.60 Å². The summed E-state index contributed by atoms with van der Waals surface area (Å²) in [6.45, 7) is 8.68. The molecule has 1 aliphatic heterocycles. The van der Waals surface area contributed by atoms with E-state index in [2.05, 4.69) is 29.2 Å². The summed E-state index contributed by atoms with van der Waals surface area (Å²) in [4.78, 5) is 14.2. The van der Waals surface area contributed by atoms with E-state index in [0.29, 0.717) is 0 Å². The molecule has 3 nitrogen and oxygen atoms in total. The summed E-state index contributed by atoms with van der Waals surface area (Å²) < 4.78 is 5.33. The molecule has 1 heterocycles. The van der Waals surface area contributed by atoms with Gasteiger partial charge in [-0.15, -0.1) is 0 Å². The lowest BCUT2D eigenvalue weighted by atomic mass is 10.0. The number of carbonyl (C=O) groups is 1. The van der Waals surface area contributed by atoms with Gasteiger partial charge in [0.2, 0.25) is 0 Å². The third kappa shape index (κ3) is 5.72. The molecular weight excluding hydrogens is 262 g/mol. The molecule has 0 atom stereocenters. The van der Waals surface area contributed by atoms with Crippen LogP contribution >= 0.6 is 0 Å². The van der Waals surface area contributed by atoms with Crippen molar-refractivity contribution >= 4 is 5.97 Å². The van der Waals surface area contributed by atoms with E-state index in [1.54, 1.807) is 6.08 Å². The van der Waals surface area contributed by atoms with Crippen molar-refractivity contribution in [3.05, 3.63) is 47.5 Å². The minimum Gasteiger partial charge on any atom is -0.457 e. The molecule has 0 radical (unpaired) electrons. The standard InChI is InChI=1S/C18H25NO2/c1-18(2,3)21-17(20)13-15-9-11-19(12-10-15)14-16-7-5-4-6-8-16/h4-8,13H,9-12,14H2,1-3H3. The Morgan fingerprint density at radius 3 is 2.38 bits per heavy atom. The molecule has 0 spiro atoms. The smallest absolute Gasteiger partial charge is 0.331 e. The van der Waals surface area contributed by atoms with E-state index in [1.807, 2.05) is 26.8 Å². The second kappa shape index (κ2) is 6.90. The molecule has 1 aromatic carbocycles. The van der Waals surface area contributed by atoms with Crippen molar-refractivity contribution in [2.75, 3.05) is 13.1 Å². The van der Waals surface area contributed by atoms with Crippen molar-refractivity contribution in [1.82, 2.24) is 4.90 Å². The number of esters is 1. The monoisotopic (exact) mass is 287 g/mol. The van der Waals surface area contributed by atoms with Crippen molar-refractivity contribution < 1.29 is 9.53 Å². The highest BCUT2D eigenvalue weighted by Gasteiger charge is 2.18. The van der Waals surface area contributed by atoms with Gasteiger partial charge in [-0.1, -0.05) is 35.9 Å². The molecule has 0 amide bonds. The van der Waals surface area contributed by atoms with Crippen LogP contribution in [0.2, 0.25) is 0 Å². The number of benzene rings is 1. The fraction of sp³-hybridized carbons (Fsp3) is 0.500. The minimum absolute atomic E-state index is 0.214. The van der Waals surface area contributed by atoms with Crippen molar-refractivity contribution in [3.63, 3.8) is 0 Å². The fourth-order valence-corrected chi connectivity index (χ4v) is 2.48. The maximum absolute atomic E-state index is 11.8. The van der Waals surface area contributed by atoms with Crippen molar-refractivity contribution in [2.24, 2.45) is 0 Å². The number of hydrogen-bond acceptors (Lipinski definition) is 3. The summed E-state index contributed by atoms with van der Waals surface area (Å²) in [6.07, 6.45) is 3.59. The highest BCUT2D eigenvalue weighted by atomic mass is 16.6. The predicted octanol–water partition coefficient (Wildman–Crippen LogP) is 3.55. The van der Waals surface area contributed by atoms with Crippen LogP contribution in [0.4, 0.5) is 0 Å². The highest BCUT2D eigenvalue weighted by molar-refractivity contribution is 5.83. The number of ether oxygens (including phenoxy) is 1. The zero-order valence-electron chi connectivity index (χ0n) is 13.3. The van der Waals surface area contributed by atoms with Crippen LogP contribution in [0.1, 0.15) is 39.2 Å². The average molecular weight is 287 g/mol. The molecule has 0 aromatic heterocycles. The van der Waals surface area contributed by atoms with Crippen LogP contribution in [0.15, 0.2) is 42.0 Å². The van der Waals surface area contributed by atoms with E-state index in [0.717, 1.165) is 32.5 Å². The third-order valence-corrected chi connectivity index (χ3v) is 3.48. The van der Waals surface area contributed by atoms with Gasteiger partial charge in [0.25, 0.3) is 0 Å². The minimum atomic E-state index is -0.415. The Morgan fingerprint density at radius 2 is 1.81 bits per heavy atom.